The van der Waals surface area contributed by atoms with Crippen LogP contribution in [0.4, 0.5) is 17.1 Å². The van der Waals surface area contributed by atoms with Gasteiger partial charge in [-0.05, 0) is 30.4 Å². The van der Waals surface area contributed by atoms with E-state index in [0.717, 1.165) is 25.0 Å². The Kier molecular flexibility index (Phi) is 4.60. The van der Waals surface area contributed by atoms with Gasteiger partial charge in [-0.15, -0.1) is 0 Å². The zero-order chi connectivity index (χ0) is 16.4. The zero-order valence-electron chi connectivity index (χ0n) is 11.8. The molecule has 1 aliphatic rings. The van der Waals surface area contributed by atoms with Crippen molar-refractivity contribution in [3.8, 4) is 0 Å². The molecule has 0 spiro atoms. The first-order chi connectivity index (χ1) is 10.3. The smallest absolute Gasteiger partial charge is 0.300 e. The van der Waals surface area contributed by atoms with Crippen molar-refractivity contribution in [3.05, 3.63) is 37.9 Å². The molecule has 0 amide bonds. The van der Waals surface area contributed by atoms with Gasteiger partial charge in [0.2, 0.25) is 0 Å². The normalized spacial score (nSPS) is 15.6. The standard InChI is InChI=1S/C13H14ClN3O5/c1-8-2-4-15(5-3-8)12-10(16(19)20)6-9(13(14)18)7-11(12)17(21)22/h6-8H,2-5H2,1H3. The third-order valence-corrected chi connectivity index (χ3v) is 4.01. The Hall–Kier alpha value is -2.22. The summed E-state index contributed by atoms with van der Waals surface area (Å²) in [5.74, 6) is 0.470. The van der Waals surface area contributed by atoms with Crippen LogP contribution in [0.15, 0.2) is 12.1 Å². The van der Waals surface area contributed by atoms with E-state index in [0.29, 0.717) is 19.0 Å². The lowest BCUT2D eigenvalue weighted by Crippen LogP contribution is -2.33. The Balaban J connectivity index is 2.61. The first-order valence-electron chi connectivity index (χ1n) is 6.73. The summed E-state index contributed by atoms with van der Waals surface area (Å²) in [6.07, 6.45) is 1.59. The molecular weight excluding hydrogens is 314 g/mol. The highest BCUT2D eigenvalue weighted by atomic mass is 35.5. The molecular formula is C13H14ClN3O5. The lowest BCUT2D eigenvalue weighted by Gasteiger charge is -2.31. The van der Waals surface area contributed by atoms with Crippen LogP contribution in [0.2, 0.25) is 0 Å². The summed E-state index contributed by atoms with van der Waals surface area (Å²) < 4.78 is 0. The summed E-state index contributed by atoms with van der Waals surface area (Å²) in [5.41, 5.74) is -1.24. The van der Waals surface area contributed by atoms with Gasteiger partial charge < -0.3 is 4.90 Å². The highest BCUT2D eigenvalue weighted by Crippen LogP contribution is 2.40. The van der Waals surface area contributed by atoms with Crippen molar-refractivity contribution >= 4 is 33.9 Å². The van der Waals surface area contributed by atoms with E-state index in [2.05, 4.69) is 6.92 Å². The number of anilines is 1. The van der Waals surface area contributed by atoms with Gasteiger partial charge in [-0.3, -0.25) is 25.0 Å². The van der Waals surface area contributed by atoms with Crippen molar-refractivity contribution in [1.29, 1.82) is 0 Å². The minimum Gasteiger partial charge on any atom is -0.360 e. The summed E-state index contributed by atoms with van der Waals surface area (Å²) >= 11 is 5.32. The minimum absolute atomic E-state index is 0.0523. The molecule has 0 atom stereocenters. The predicted octanol–water partition coefficient (Wildman–Crippen LogP) is 3.12. The minimum atomic E-state index is -0.968. The SMILES string of the molecule is CC1CCN(c2c([N+](=O)[O-])cc(C(=O)Cl)cc2[N+](=O)[O-])CC1. The molecule has 1 heterocycles. The largest absolute Gasteiger partial charge is 0.360 e. The fourth-order valence-corrected chi connectivity index (χ4v) is 2.66. The Morgan fingerprint density at radius 1 is 1.18 bits per heavy atom. The molecule has 2 rings (SSSR count). The molecule has 0 radical (unpaired) electrons. The van der Waals surface area contributed by atoms with E-state index >= 15 is 0 Å². The Labute approximate surface area is 131 Å². The van der Waals surface area contributed by atoms with Gasteiger partial charge >= 0.3 is 0 Å². The number of nitrogens with zero attached hydrogens (tertiary/aromatic N) is 3. The maximum atomic E-state index is 11.3. The van der Waals surface area contributed by atoms with Gasteiger partial charge in [-0.2, -0.15) is 0 Å². The molecule has 0 unspecified atom stereocenters. The maximum Gasteiger partial charge on any atom is 0.300 e. The van der Waals surface area contributed by atoms with Gasteiger partial charge in [0.15, 0.2) is 5.69 Å². The number of hydrogen-bond donors (Lipinski definition) is 0. The summed E-state index contributed by atoms with van der Waals surface area (Å²) in [6.45, 7) is 3.06. The first kappa shape index (κ1) is 16.2. The van der Waals surface area contributed by atoms with E-state index in [1.165, 1.54) is 0 Å². The lowest BCUT2D eigenvalue weighted by atomic mass is 9.98. The number of halogens is 1. The monoisotopic (exact) mass is 327 g/mol. The van der Waals surface area contributed by atoms with Crippen LogP contribution in [0.5, 0.6) is 0 Å². The van der Waals surface area contributed by atoms with Crippen molar-refractivity contribution in [1.82, 2.24) is 0 Å². The molecule has 1 saturated heterocycles. The average Bonchev–Trinajstić information content (AvgIpc) is 2.46. The van der Waals surface area contributed by atoms with Crippen LogP contribution >= 0.6 is 11.6 Å². The van der Waals surface area contributed by atoms with Crippen LogP contribution in [0.1, 0.15) is 30.1 Å². The van der Waals surface area contributed by atoms with E-state index < -0.39 is 26.5 Å². The maximum absolute atomic E-state index is 11.3. The van der Waals surface area contributed by atoms with Crippen molar-refractivity contribution in [2.24, 2.45) is 5.92 Å². The third kappa shape index (κ3) is 3.16. The summed E-state index contributed by atoms with van der Waals surface area (Å²) in [7, 11) is 0. The molecule has 1 aromatic carbocycles. The molecule has 9 heteroatoms. The van der Waals surface area contributed by atoms with Crippen LogP contribution in [0.25, 0.3) is 0 Å². The highest BCUT2D eigenvalue weighted by Gasteiger charge is 2.33. The molecule has 0 N–H and O–H groups in total. The number of nitro groups is 2. The fourth-order valence-electron chi connectivity index (χ4n) is 2.55. The van der Waals surface area contributed by atoms with Crippen LogP contribution in [0, 0.1) is 26.1 Å². The Morgan fingerprint density at radius 3 is 2.00 bits per heavy atom. The Morgan fingerprint density at radius 2 is 1.64 bits per heavy atom. The molecule has 22 heavy (non-hydrogen) atoms. The number of benzene rings is 1. The number of carbonyl (C=O) groups is 1. The molecule has 1 aliphatic heterocycles. The molecule has 1 aromatic rings. The van der Waals surface area contributed by atoms with Crippen molar-refractivity contribution in [3.63, 3.8) is 0 Å². The number of carbonyl (C=O) groups excluding carboxylic acids is 1. The molecule has 0 bridgehead atoms. The number of piperidine rings is 1. The van der Waals surface area contributed by atoms with Crippen molar-refractivity contribution < 1.29 is 14.6 Å². The van der Waals surface area contributed by atoms with E-state index in [-0.39, 0.29) is 11.3 Å². The quantitative estimate of drug-likeness (QED) is 0.477. The Bertz CT molecular complexity index is 606. The van der Waals surface area contributed by atoms with Crippen LogP contribution in [-0.4, -0.2) is 28.2 Å². The molecule has 0 aliphatic carbocycles. The van der Waals surface area contributed by atoms with Gasteiger partial charge in [0.1, 0.15) is 0 Å². The second kappa shape index (κ2) is 6.27. The van der Waals surface area contributed by atoms with E-state index in [1.807, 2.05) is 0 Å². The van der Waals surface area contributed by atoms with Gasteiger partial charge in [0.25, 0.3) is 16.6 Å². The topological polar surface area (TPSA) is 107 Å². The molecule has 0 aromatic heterocycles. The van der Waals surface area contributed by atoms with Gasteiger partial charge in [0.05, 0.1) is 9.85 Å². The predicted molar refractivity (Wildman–Crippen MR) is 80.5 cm³/mol. The molecule has 0 saturated carbocycles. The molecule has 8 nitrogen and oxygen atoms in total. The van der Waals surface area contributed by atoms with E-state index in [9.17, 15) is 25.0 Å². The zero-order valence-corrected chi connectivity index (χ0v) is 12.6. The van der Waals surface area contributed by atoms with Crippen molar-refractivity contribution in [2.75, 3.05) is 18.0 Å². The lowest BCUT2D eigenvalue weighted by molar-refractivity contribution is -0.392. The highest BCUT2D eigenvalue weighted by molar-refractivity contribution is 6.67. The third-order valence-electron chi connectivity index (χ3n) is 3.79. The van der Waals surface area contributed by atoms with E-state index in [1.54, 1.807) is 4.90 Å². The number of rotatable bonds is 4. The number of nitro benzene ring substituents is 2. The van der Waals surface area contributed by atoms with Crippen LogP contribution in [0.3, 0.4) is 0 Å². The first-order valence-corrected chi connectivity index (χ1v) is 7.10. The summed E-state index contributed by atoms with van der Waals surface area (Å²) in [4.78, 5) is 34.0. The summed E-state index contributed by atoms with van der Waals surface area (Å²) in [6, 6.07) is 1.99. The van der Waals surface area contributed by atoms with Crippen LogP contribution < -0.4 is 4.90 Å². The van der Waals surface area contributed by atoms with Crippen molar-refractivity contribution in [2.45, 2.75) is 19.8 Å². The van der Waals surface area contributed by atoms with Crippen LogP contribution in [-0.2, 0) is 0 Å². The second-order valence-electron chi connectivity index (χ2n) is 5.32. The molecule has 118 valence electrons. The summed E-state index contributed by atoms with van der Waals surface area (Å²) in [5, 5.41) is 21.6. The second-order valence-corrected chi connectivity index (χ2v) is 5.66. The molecule has 1 fully saturated rings. The van der Waals surface area contributed by atoms with Gasteiger partial charge in [0, 0.05) is 30.8 Å². The van der Waals surface area contributed by atoms with E-state index in [4.69, 9.17) is 11.6 Å². The average molecular weight is 328 g/mol. The number of hydrogen-bond acceptors (Lipinski definition) is 6. The van der Waals surface area contributed by atoms with Gasteiger partial charge in [-0.1, -0.05) is 6.92 Å². The van der Waals surface area contributed by atoms with Gasteiger partial charge in [-0.25, -0.2) is 0 Å². The fraction of sp³-hybridized carbons (Fsp3) is 0.462.